The molecule has 3 nitrogen and oxygen atoms in total. The van der Waals surface area contributed by atoms with Gasteiger partial charge in [0.1, 0.15) is 0 Å². The van der Waals surface area contributed by atoms with E-state index in [4.69, 9.17) is 0 Å². The Morgan fingerprint density at radius 2 is 2.30 bits per heavy atom. The lowest BCUT2D eigenvalue weighted by atomic mass is 10.3. The normalized spacial score (nSPS) is 10.3. The van der Waals surface area contributed by atoms with E-state index in [1.165, 1.54) is 6.34 Å². The van der Waals surface area contributed by atoms with E-state index in [0.717, 1.165) is 0 Å². The van der Waals surface area contributed by atoms with Crippen LogP contribution in [-0.2, 0) is 4.79 Å². The largest absolute Gasteiger partial charge is 0.369 e. The summed E-state index contributed by atoms with van der Waals surface area (Å²) in [5, 5.41) is 0. The van der Waals surface area contributed by atoms with Crippen molar-refractivity contribution in [3.63, 3.8) is 0 Å². The highest BCUT2D eigenvalue weighted by Gasteiger charge is 1.92. The van der Waals surface area contributed by atoms with Gasteiger partial charge in [0.25, 0.3) is 0 Å². The summed E-state index contributed by atoms with van der Waals surface area (Å²) in [6.07, 6.45) is 2.55. The zero-order valence-corrected chi connectivity index (χ0v) is 6.50. The first kappa shape index (κ1) is 9.14. The third kappa shape index (κ3) is 5.28. The second-order valence-corrected chi connectivity index (χ2v) is 2.21. The lowest BCUT2D eigenvalue weighted by Gasteiger charge is -2.00. The van der Waals surface area contributed by atoms with Crippen molar-refractivity contribution in [2.24, 2.45) is 4.99 Å². The van der Waals surface area contributed by atoms with Crippen LogP contribution in [0.2, 0.25) is 0 Å². The lowest BCUT2D eigenvalue weighted by Crippen LogP contribution is -2.09. The molecule has 0 fully saturated rings. The van der Waals surface area contributed by atoms with Crippen LogP contribution < -0.4 is 0 Å². The first-order valence-corrected chi connectivity index (χ1v) is 3.19. The third-order valence-corrected chi connectivity index (χ3v) is 0.823. The van der Waals surface area contributed by atoms with Crippen LogP contribution in [0.5, 0.6) is 0 Å². The van der Waals surface area contributed by atoms with Gasteiger partial charge >= 0.3 is 0 Å². The smallest absolute Gasteiger partial charge is 0.247 e. The van der Waals surface area contributed by atoms with Gasteiger partial charge in [-0.1, -0.05) is 6.92 Å². The molecule has 0 bridgehead atoms. The maximum atomic E-state index is 10.7. The number of hydrogen-bond donors (Lipinski definition) is 0. The number of aliphatic imine (C=N–C) groups is 1. The zero-order chi connectivity index (χ0) is 7.98. The summed E-state index contributed by atoms with van der Waals surface area (Å²) in [6, 6.07) is 0. The molecular weight excluding hydrogens is 128 g/mol. The predicted molar refractivity (Wildman–Crippen MR) is 41.8 cm³/mol. The Morgan fingerprint density at radius 3 is 2.70 bits per heavy atom. The molecule has 0 heterocycles. The minimum atomic E-state index is -0.108. The van der Waals surface area contributed by atoms with Crippen molar-refractivity contribution >= 4 is 12.2 Å². The van der Waals surface area contributed by atoms with Crippen LogP contribution in [0.15, 0.2) is 4.99 Å². The zero-order valence-electron chi connectivity index (χ0n) is 6.50. The first-order chi connectivity index (χ1) is 4.66. The molecule has 0 unspecified atom stereocenters. The molecule has 0 spiro atoms. The third-order valence-electron chi connectivity index (χ3n) is 0.823. The van der Waals surface area contributed by atoms with Gasteiger partial charge in [-0.05, 0) is 6.42 Å². The first-order valence-electron chi connectivity index (χ1n) is 3.19. The van der Waals surface area contributed by atoms with Gasteiger partial charge in [-0.15, -0.1) is 0 Å². The van der Waals surface area contributed by atoms with Crippen LogP contribution in [0.4, 0.5) is 0 Å². The highest BCUT2D eigenvalue weighted by atomic mass is 16.1. The second-order valence-electron chi connectivity index (χ2n) is 2.21. The maximum absolute atomic E-state index is 10.7. The van der Waals surface area contributed by atoms with E-state index >= 15 is 0 Å². The Bertz CT molecular complexity index is 130. The van der Waals surface area contributed by atoms with Crippen LogP contribution in [-0.4, -0.2) is 31.2 Å². The number of rotatable bonds is 3. The summed E-state index contributed by atoms with van der Waals surface area (Å²) >= 11 is 0. The molecule has 57 valence electrons. The quantitative estimate of drug-likeness (QED) is 0.428. The molecule has 0 saturated carbocycles. The van der Waals surface area contributed by atoms with E-state index in [9.17, 15) is 4.79 Å². The van der Waals surface area contributed by atoms with Gasteiger partial charge in [-0.3, -0.25) is 4.79 Å². The van der Waals surface area contributed by atoms with Crippen molar-refractivity contribution in [3.8, 4) is 0 Å². The molecule has 0 aliphatic carbocycles. The molecule has 0 saturated heterocycles. The molecule has 0 aromatic rings. The Balaban J connectivity index is 3.56. The van der Waals surface area contributed by atoms with Gasteiger partial charge in [0, 0.05) is 20.5 Å². The van der Waals surface area contributed by atoms with Gasteiger partial charge in [0.15, 0.2) is 0 Å². The van der Waals surface area contributed by atoms with Gasteiger partial charge in [0.05, 0.1) is 6.34 Å². The van der Waals surface area contributed by atoms with Gasteiger partial charge in [-0.25, -0.2) is 4.99 Å². The molecule has 0 N–H and O–H groups in total. The Kier molecular flexibility index (Phi) is 4.54. The molecule has 0 rings (SSSR count). The standard InChI is InChI=1S/C7H13N2O/c1-4-5-7(10)8-6-9(2)3/h6H,1,4-5H2,2-3H3/b8-6+. The number of carbonyl (C=O) groups is 1. The SMILES string of the molecule is [CH2]CCC(=O)/N=C/N(C)C. The maximum Gasteiger partial charge on any atom is 0.247 e. The van der Waals surface area contributed by atoms with Crippen LogP contribution in [0, 0.1) is 6.92 Å². The van der Waals surface area contributed by atoms with E-state index in [0.29, 0.717) is 12.8 Å². The topological polar surface area (TPSA) is 32.7 Å². The van der Waals surface area contributed by atoms with Crippen molar-refractivity contribution in [1.29, 1.82) is 0 Å². The Labute approximate surface area is 61.7 Å². The Hall–Kier alpha value is -0.860. The molecule has 1 amide bonds. The fraction of sp³-hybridized carbons (Fsp3) is 0.571. The lowest BCUT2D eigenvalue weighted by molar-refractivity contribution is -0.117. The van der Waals surface area contributed by atoms with E-state index in [1.807, 2.05) is 14.1 Å². The van der Waals surface area contributed by atoms with Crippen LogP contribution in [0.1, 0.15) is 12.8 Å². The summed E-state index contributed by atoms with van der Waals surface area (Å²) in [4.78, 5) is 16.0. The molecule has 1 radical (unpaired) electrons. The summed E-state index contributed by atoms with van der Waals surface area (Å²) in [5.41, 5.74) is 0. The molecule has 10 heavy (non-hydrogen) atoms. The average molecular weight is 141 g/mol. The summed E-state index contributed by atoms with van der Waals surface area (Å²) in [5.74, 6) is -0.108. The van der Waals surface area contributed by atoms with Gasteiger partial charge < -0.3 is 4.90 Å². The molecule has 0 aromatic heterocycles. The van der Waals surface area contributed by atoms with E-state index in [1.54, 1.807) is 4.90 Å². The average Bonchev–Trinajstić information content (AvgIpc) is 1.85. The fourth-order valence-corrected chi connectivity index (χ4v) is 0.396. The van der Waals surface area contributed by atoms with Crippen LogP contribution in [0.3, 0.4) is 0 Å². The van der Waals surface area contributed by atoms with Crippen molar-refractivity contribution in [1.82, 2.24) is 4.90 Å². The summed E-state index contributed by atoms with van der Waals surface area (Å²) in [7, 11) is 3.64. The number of amides is 1. The predicted octanol–water partition coefficient (Wildman–Crippen LogP) is 0.717. The van der Waals surface area contributed by atoms with Crippen LogP contribution >= 0.6 is 0 Å². The van der Waals surface area contributed by atoms with Gasteiger partial charge in [0.2, 0.25) is 5.91 Å². The second kappa shape index (κ2) is 4.97. The minimum Gasteiger partial charge on any atom is -0.369 e. The van der Waals surface area contributed by atoms with E-state index < -0.39 is 0 Å². The molecule has 0 aromatic carbocycles. The van der Waals surface area contributed by atoms with E-state index in [2.05, 4.69) is 11.9 Å². The minimum absolute atomic E-state index is 0.108. The number of hydrogen-bond acceptors (Lipinski definition) is 1. The monoisotopic (exact) mass is 141 g/mol. The van der Waals surface area contributed by atoms with Crippen molar-refractivity contribution in [2.75, 3.05) is 14.1 Å². The Morgan fingerprint density at radius 1 is 1.70 bits per heavy atom. The number of carbonyl (C=O) groups excluding carboxylic acids is 1. The van der Waals surface area contributed by atoms with Gasteiger partial charge in [-0.2, -0.15) is 0 Å². The van der Waals surface area contributed by atoms with Crippen LogP contribution in [0.25, 0.3) is 0 Å². The fourth-order valence-electron chi connectivity index (χ4n) is 0.396. The van der Waals surface area contributed by atoms with E-state index in [-0.39, 0.29) is 5.91 Å². The summed E-state index contributed by atoms with van der Waals surface area (Å²) < 4.78 is 0. The molecular formula is C7H13N2O. The highest BCUT2D eigenvalue weighted by Crippen LogP contribution is 1.88. The molecule has 0 aliphatic heterocycles. The van der Waals surface area contributed by atoms with Crippen molar-refractivity contribution in [3.05, 3.63) is 6.92 Å². The molecule has 3 heteroatoms. The molecule has 0 aliphatic rings. The molecule has 0 atom stereocenters. The number of nitrogens with zero attached hydrogens (tertiary/aromatic N) is 2. The highest BCUT2D eigenvalue weighted by molar-refractivity contribution is 5.84. The van der Waals surface area contributed by atoms with Crippen molar-refractivity contribution in [2.45, 2.75) is 12.8 Å². The summed E-state index contributed by atoms with van der Waals surface area (Å²) in [6.45, 7) is 3.54. The van der Waals surface area contributed by atoms with Crippen molar-refractivity contribution < 1.29 is 4.79 Å².